The molecule has 1 amide bonds. The molecule has 2 atom stereocenters. The summed E-state index contributed by atoms with van der Waals surface area (Å²) in [6.07, 6.45) is -0.866. The highest BCUT2D eigenvalue weighted by Gasteiger charge is 2.44. The predicted octanol–water partition coefficient (Wildman–Crippen LogP) is 0.883. The summed E-state index contributed by atoms with van der Waals surface area (Å²) >= 11 is 0. The fourth-order valence-electron chi connectivity index (χ4n) is 3.14. The molecule has 3 N–H and O–H groups in total. The van der Waals surface area contributed by atoms with Crippen molar-refractivity contribution in [2.45, 2.75) is 25.2 Å². The number of aliphatic hydroxyl groups excluding tert-OH is 1. The first-order valence-electron chi connectivity index (χ1n) is 7.81. The molecule has 1 heterocycles. The van der Waals surface area contributed by atoms with Crippen molar-refractivity contribution in [3.63, 3.8) is 0 Å². The van der Waals surface area contributed by atoms with Crippen LogP contribution in [-0.4, -0.2) is 52.4 Å². The van der Waals surface area contributed by atoms with Crippen molar-refractivity contribution < 1.29 is 15.0 Å². The first-order valence-corrected chi connectivity index (χ1v) is 7.81. The number of fused-ring (bicyclic) bond motifs is 1. The summed E-state index contributed by atoms with van der Waals surface area (Å²) in [7, 11) is 0. The normalized spacial score (nSPS) is 24.9. The molecule has 2 aromatic carbocycles. The second kappa shape index (κ2) is 6.28. The van der Waals surface area contributed by atoms with Crippen LogP contribution < -0.4 is 5.32 Å². The maximum Gasteiger partial charge on any atom is 0.216 e. The Morgan fingerprint density at radius 2 is 2.04 bits per heavy atom. The van der Waals surface area contributed by atoms with Gasteiger partial charge in [-0.2, -0.15) is 0 Å². The molecule has 0 aliphatic carbocycles. The first-order chi connectivity index (χ1) is 11.0. The van der Waals surface area contributed by atoms with Crippen LogP contribution in [0, 0.1) is 0 Å². The summed E-state index contributed by atoms with van der Waals surface area (Å²) in [5, 5.41) is 25.6. The molecule has 23 heavy (non-hydrogen) atoms. The van der Waals surface area contributed by atoms with E-state index in [2.05, 4.69) is 35.6 Å². The Morgan fingerprint density at radius 3 is 2.78 bits per heavy atom. The highest BCUT2D eigenvalue weighted by atomic mass is 16.3. The lowest BCUT2D eigenvalue weighted by Gasteiger charge is -2.26. The standard InChI is InChI=1S/C18H22N2O3/c1-13(21)19-11-18(23)12-20(10-17(18)22)9-14-6-7-15-4-2-3-5-16(15)8-14/h2-8,17,22-23H,9-12H2,1H3,(H,19,21)/t17-,18+/m1/s1. The van der Waals surface area contributed by atoms with Crippen molar-refractivity contribution in [1.82, 2.24) is 10.2 Å². The quantitative estimate of drug-likeness (QED) is 0.783. The van der Waals surface area contributed by atoms with Gasteiger partial charge in [0.2, 0.25) is 5.91 Å². The molecule has 0 bridgehead atoms. The van der Waals surface area contributed by atoms with Gasteiger partial charge in [0.15, 0.2) is 0 Å². The van der Waals surface area contributed by atoms with Crippen molar-refractivity contribution in [1.29, 1.82) is 0 Å². The van der Waals surface area contributed by atoms with Crippen LogP contribution in [0.15, 0.2) is 42.5 Å². The van der Waals surface area contributed by atoms with Gasteiger partial charge in [0.25, 0.3) is 0 Å². The average molecular weight is 314 g/mol. The van der Waals surface area contributed by atoms with Gasteiger partial charge in [-0.1, -0.05) is 36.4 Å². The lowest BCUT2D eigenvalue weighted by Crippen LogP contribution is -2.50. The third kappa shape index (κ3) is 3.52. The van der Waals surface area contributed by atoms with Gasteiger partial charge >= 0.3 is 0 Å². The van der Waals surface area contributed by atoms with Gasteiger partial charge in [-0.25, -0.2) is 0 Å². The number of benzene rings is 2. The van der Waals surface area contributed by atoms with Crippen molar-refractivity contribution in [3.8, 4) is 0 Å². The smallest absolute Gasteiger partial charge is 0.216 e. The van der Waals surface area contributed by atoms with E-state index in [0.717, 1.165) is 5.56 Å². The highest BCUT2D eigenvalue weighted by molar-refractivity contribution is 5.82. The maximum absolute atomic E-state index is 11.0. The van der Waals surface area contributed by atoms with Crippen molar-refractivity contribution in [2.24, 2.45) is 0 Å². The summed E-state index contributed by atoms with van der Waals surface area (Å²) < 4.78 is 0. The number of amides is 1. The van der Waals surface area contributed by atoms with E-state index < -0.39 is 11.7 Å². The van der Waals surface area contributed by atoms with Gasteiger partial charge < -0.3 is 15.5 Å². The number of hydrogen-bond donors (Lipinski definition) is 3. The summed E-state index contributed by atoms with van der Waals surface area (Å²) in [5.74, 6) is -0.210. The minimum absolute atomic E-state index is 0.0672. The number of aliphatic hydroxyl groups is 2. The summed E-state index contributed by atoms with van der Waals surface area (Å²) in [4.78, 5) is 13.0. The number of nitrogens with one attached hydrogen (secondary N) is 1. The van der Waals surface area contributed by atoms with Gasteiger partial charge in [0.05, 0.1) is 12.6 Å². The van der Waals surface area contributed by atoms with E-state index in [1.165, 1.54) is 17.7 Å². The molecule has 122 valence electrons. The van der Waals surface area contributed by atoms with E-state index in [1.54, 1.807) is 0 Å². The van der Waals surface area contributed by atoms with Crippen LogP contribution in [0.25, 0.3) is 10.8 Å². The lowest BCUT2D eigenvalue weighted by molar-refractivity contribution is -0.121. The second-order valence-corrected chi connectivity index (χ2v) is 6.38. The summed E-state index contributed by atoms with van der Waals surface area (Å²) in [5.41, 5.74) is -0.151. The van der Waals surface area contributed by atoms with Crippen molar-refractivity contribution in [3.05, 3.63) is 48.0 Å². The molecule has 1 fully saturated rings. The molecule has 5 heteroatoms. The molecule has 0 saturated carbocycles. The van der Waals surface area contributed by atoms with Crippen molar-refractivity contribution in [2.75, 3.05) is 19.6 Å². The fourth-order valence-corrected chi connectivity index (χ4v) is 3.14. The van der Waals surface area contributed by atoms with Crippen LogP contribution in [-0.2, 0) is 11.3 Å². The predicted molar refractivity (Wildman–Crippen MR) is 88.9 cm³/mol. The molecule has 3 rings (SSSR count). The molecule has 1 aliphatic heterocycles. The summed E-state index contributed by atoms with van der Waals surface area (Å²) in [6.45, 7) is 2.85. The molecule has 2 aromatic rings. The van der Waals surface area contributed by atoms with E-state index >= 15 is 0 Å². The number of nitrogens with zero attached hydrogens (tertiary/aromatic N) is 1. The van der Waals surface area contributed by atoms with Crippen LogP contribution in [0.3, 0.4) is 0 Å². The Morgan fingerprint density at radius 1 is 1.30 bits per heavy atom. The number of carbonyl (C=O) groups is 1. The number of carbonyl (C=O) groups excluding carboxylic acids is 1. The van der Waals surface area contributed by atoms with Gasteiger partial charge in [0, 0.05) is 26.6 Å². The van der Waals surface area contributed by atoms with Crippen LogP contribution in [0.2, 0.25) is 0 Å². The van der Waals surface area contributed by atoms with E-state index in [9.17, 15) is 15.0 Å². The largest absolute Gasteiger partial charge is 0.389 e. The highest BCUT2D eigenvalue weighted by Crippen LogP contribution is 2.24. The molecule has 0 aromatic heterocycles. The lowest BCUT2D eigenvalue weighted by atomic mass is 10.0. The SMILES string of the molecule is CC(=O)NC[C@]1(O)CN(Cc2ccc3ccccc3c2)C[C@H]1O. The van der Waals surface area contributed by atoms with E-state index in [-0.39, 0.29) is 12.5 Å². The number of likely N-dealkylation sites (tertiary alicyclic amines) is 1. The Hall–Kier alpha value is -1.95. The van der Waals surface area contributed by atoms with Gasteiger partial charge in [0.1, 0.15) is 5.60 Å². The molecular formula is C18H22N2O3. The first kappa shape index (κ1) is 15.9. The molecule has 1 saturated heterocycles. The topological polar surface area (TPSA) is 72.8 Å². The zero-order valence-corrected chi connectivity index (χ0v) is 13.2. The number of β-amino-alcohol motifs (C(OH)–C–C–N with tert-alkyl or cyclic N) is 2. The van der Waals surface area contributed by atoms with Crippen LogP contribution in [0.5, 0.6) is 0 Å². The molecule has 1 aliphatic rings. The minimum atomic E-state index is -1.29. The Balaban J connectivity index is 1.69. The van der Waals surface area contributed by atoms with Gasteiger partial charge in [-0.05, 0) is 22.4 Å². The third-order valence-corrected chi connectivity index (χ3v) is 4.41. The third-order valence-electron chi connectivity index (χ3n) is 4.41. The molecule has 0 spiro atoms. The van der Waals surface area contributed by atoms with Crippen molar-refractivity contribution >= 4 is 16.7 Å². The van der Waals surface area contributed by atoms with Gasteiger partial charge in [-0.15, -0.1) is 0 Å². The van der Waals surface area contributed by atoms with Crippen LogP contribution in [0.4, 0.5) is 0 Å². The van der Waals surface area contributed by atoms with Gasteiger partial charge in [-0.3, -0.25) is 9.69 Å². The molecule has 0 unspecified atom stereocenters. The average Bonchev–Trinajstić information content (AvgIpc) is 2.80. The molecule has 5 nitrogen and oxygen atoms in total. The summed E-state index contributed by atoms with van der Waals surface area (Å²) in [6, 6.07) is 14.5. The van der Waals surface area contributed by atoms with E-state index in [1.807, 2.05) is 17.0 Å². The Labute approximate surface area is 135 Å². The Kier molecular flexibility index (Phi) is 4.35. The maximum atomic E-state index is 11.0. The van der Waals surface area contributed by atoms with Crippen LogP contribution in [0.1, 0.15) is 12.5 Å². The zero-order valence-electron chi connectivity index (χ0n) is 13.2. The van der Waals surface area contributed by atoms with Crippen LogP contribution >= 0.6 is 0 Å². The number of hydrogen-bond acceptors (Lipinski definition) is 4. The van der Waals surface area contributed by atoms with E-state index in [0.29, 0.717) is 19.6 Å². The minimum Gasteiger partial charge on any atom is -0.389 e. The zero-order chi connectivity index (χ0) is 16.4. The second-order valence-electron chi connectivity index (χ2n) is 6.38. The fraction of sp³-hybridized carbons (Fsp3) is 0.389. The monoisotopic (exact) mass is 314 g/mol. The Bertz CT molecular complexity index is 718. The molecular weight excluding hydrogens is 292 g/mol. The molecule has 0 radical (unpaired) electrons. The van der Waals surface area contributed by atoms with E-state index in [4.69, 9.17) is 0 Å². The number of rotatable bonds is 4.